The quantitative estimate of drug-likeness (QED) is 0.729. The van der Waals surface area contributed by atoms with Crippen LogP contribution in [0.25, 0.3) is 0 Å². The van der Waals surface area contributed by atoms with Crippen LogP contribution in [0.15, 0.2) is 18.3 Å². The summed E-state index contributed by atoms with van der Waals surface area (Å²) in [4.78, 5) is 3.25. The number of aromatic amines is 1. The minimum Gasteiger partial charge on any atom is -0.379 e. The average Bonchev–Trinajstić information content (AvgIpc) is 2.48. The number of hydrogen-bond donors (Lipinski definition) is 2. The van der Waals surface area contributed by atoms with E-state index < -0.39 is 0 Å². The third-order valence-electron chi connectivity index (χ3n) is 2.64. The summed E-state index contributed by atoms with van der Waals surface area (Å²) in [6.45, 7) is 3.65. The van der Waals surface area contributed by atoms with E-state index in [1.165, 1.54) is 5.69 Å². The van der Waals surface area contributed by atoms with Gasteiger partial charge in [-0.15, -0.1) is 0 Å². The second-order valence-corrected chi connectivity index (χ2v) is 4.04. The van der Waals surface area contributed by atoms with Crippen LogP contribution in [-0.4, -0.2) is 24.2 Å². The molecule has 2 heterocycles. The van der Waals surface area contributed by atoms with Gasteiger partial charge in [-0.3, -0.25) is 0 Å². The molecule has 1 saturated heterocycles. The molecule has 1 aromatic rings. The van der Waals surface area contributed by atoms with Gasteiger partial charge in [-0.2, -0.15) is 0 Å². The Labute approximate surface area is 78.3 Å². The Balaban J connectivity index is 2.16. The number of hydrogen-bond acceptors (Lipinski definition) is 2. The van der Waals surface area contributed by atoms with Crippen molar-refractivity contribution in [3.8, 4) is 0 Å². The van der Waals surface area contributed by atoms with Gasteiger partial charge < -0.3 is 15.5 Å². The Morgan fingerprint density at radius 3 is 2.85 bits per heavy atom. The van der Waals surface area contributed by atoms with Crippen molar-refractivity contribution in [3.63, 3.8) is 0 Å². The summed E-state index contributed by atoms with van der Waals surface area (Å²) in [6.07, 6.45) is 2.95. The molecule has 1 unspecified atom stereocenters. The van der Waals surface area contributed by atoms with Gasteiger partial charge in [0.1, 0.15) is 0 Å². The Hall–Kier alpha value is -0.800. The molecular formula is C10H16N2O. The summed E-state index contributed by atoms with van der Waals surface area (Å²) in [6, 6.07) is 4.37. The van der Waals surface area contributed by atoms with Crippen LogP contribution < -0.4 is 5.73 Å². The van der Waals surface area contributed by atoms with E-state index in [2.05, 4.69) is 11.1 Å². The van der Waals surface area contributed by atoms with Crippen LogP contribution in [-0.2, 0) is 10.2 Å². The molecule has 1 aromatic heterocycles. The lowest BCUT2D eigenvalue weighted by Gasteiger charge is -2.42. The Morgan fingerprint density at radius 2 is 2.46 bits per heavy atom. The predicted octanol–water partition coefficient (Wildman–Crippen LogP) is 1.02. The van der Waals surface area contributed by atoms with Gasteiger partial charge in [0, 0.05) is 17.9 Å². The molecule has 0 amide bonds. The second-order valence-electron chi connectivity index (χ2n) is 4.04. The highest BCUT2D eigenvalue weighted by molar-refractivity contribution is 5.21. The van der Waals surface area contributed by atoms with E-state index in [4.69, 9.17) is 10.5 Å². The fourth-order valence-electron chi connectivity index (χ4n) is 2.01. The van der Waals surface area contributed by atoms with Crippen molar-refractivity contribution in [1.29, 1.82) is 0 Å². The number of ether oxygens (including phenoxy) is 1. The van der Waals surface area contributed by atoms with Crippen molar-refractivity contribution in [1.82, 2.24) is 4.98 Å². The van der Waals surface area contributed by atoms with Crippen molar-refractivity contribution < 1.29 is 4.74 Å². The molecule has 1 atom stereocenters. The highest BCUT2D eigenvalue weighted by Crippen LogP contribution is 2.35. The maximum absolute atomic E-state index is 5.82. The zero-order valence-corrected chi connectivity index (χ0v) is 7.92. The first-order chi connectivity index (χ1) is 6.23. The van der Waals surface area contributed by atoms with Crippen LogP contribution in [0.1, 0.15) is 19.0 Å². The van der Waals surface area contributed by atoms with Crippen LogP contribution in [0, 0.1) is 0 Å². The number of H-pyrrole nitrogens is 1. The summed E-state index contributed by atoms with van der Waals surface area (Å²) < 4.78 is 5.29. The first kappa shape index (κ1) is 8.78. The molecule has 72 valence electrons. The standard InChI is InChI=1S/C10H16N2O/c1-8(11)5-10(6-13-7-10)9-3-2-4-12-9/h2-4,8,12H,5-7,11H2,1H3. The maximum Gasteiger partial charge on any atom is 0.0600 e. The van der Waals surface area contributed by atoms with E-state index >= 15 is 0 Å². The van der Waals surface area contributed by atoms with Crippen molar-refractivity contribution in [2.75, 3.05) is 13.2 Å². The van der Waals surface area contributed by atoms with Gasteiger partial charge in [-0.1, -0.05) is 0 Å². The average molecular weight is 180 g/mol. The van der Waals surface area contributed by atoms with Gasteiger partial charge in [0.15, 0.2) is 0 Å². The fourth-order valence-corrected chi connectivity index (χ4v) is 2.01. The van der Waals surface area contributed by atoms with Gasteiger partial charge in [0.25, 0.3) is 0 Å². The maximum atomic E-state index is 5.82. The molecule has 0 aromatic carbocycles. The summed E-state index contributed by atoms with van der Waals surface area (Å²) >= 11 is 0. The fraction of sp³-hybridized carbons (Fsp3) is 0.600. The lowest BCUT2D eigenvalue weighted by molar-refractivity contribution is -0.0684. The molecule has 0 bridgehead atoms. The lowest BCUT2D eigenvalue weighted by Crippen LogP contribution is -2.50. The zero-order chi connectivity index (χ0) is 9.31. The molecule has 1 aliphatic heterocycles. The number of nitrogens with two attached hydrogens (primary N) is 1. The van der Waals surface area contributed by atoms with E-state index in [0.717, 1.165) is 19.6 Å². The molecule has 13 heavy (non-hydrogen) atoms. The smallest absolute Gasteiger partial charge is 0.0600 e. The number of nitrogens with one attached hydrogen (secondary N) is 1. The van der Waals surface area contributed by atoms with E-state index in [9.17, 15) is 0 Å². The molecule has 2 rings (SSSR count). The molecule has 1 fully saturated rings. The molecule has 0 spiro atoms. The third-order valence-corrected chi connectivity index (χ3v) is 2.64. The molecular weight excluding hydrogens is 164 g/mol. The number of aromatic nitrogens is 1. The normalized spacial score (nSPS) is 22.3. The van der Waals surface area contributed by atoms with E-state index in [-0.39, 0.29) is 11.5 Å². The molecule has 1 aliphatic rings. The van der Waals surface area contributed by atoms with E-state index in [0.29, 0.717) is 0 Å². The molecule has 0 saturated carbocycles. The SMILES string of the molecule is CC(N)CC1(c2ccc[nH]2)COC1. The second kappa shape index (κ2) is 3.16. The highest BCUT2D eigenvalue weighted by atomic mass is 16.5. The summed E-state index contributed by atoms with van der Waals surface area (Å²) in [5.74, 6) is 0. The third kappa shape index (κ3) is 1.49. The van der Waals surface area contributed by atoms with Crippen molar-refractivity contribution in [2.45, 2.75) is 24.8 Å². The predicted molar refractivity (Wildman–Crippen MR) is 51.6 cm³/mol. The van der Waals surface area contributed by atoms with Gasteiger partial charge >= 0.3 is 0 Å². The van der Waals surface area contributed by atoms with Crippen LogP contribution in [0.2, 0.25) is 0 Å². The highest BCUT2D eigenvalue weighted by Gasteiger charge is 2.41. The van der Waals surface area contributed by atoms with Crippen molar-refractivity contribution in [2.24, 2.45) is 5.73 Å². The molecule has 3 nitrogen and oxygen atoms in total. The minimum atomic E-state index is 0.164. The first-order valence-corrected chi connectivity index (χ1v) is 4.70. The first-order valence-electron chi connectivity index (χ1n) is 4.70. The summed E-state index contributed by atoms with van der Waals surface area (Å²) in [5.41, 5.74) is 7.25. The largest absolute Gasteiger partial charge is 0.379 e. The van der Waals surface area contributed by atoms with Crippen LogP contribution in [0.4, 0.5) is 0 Å². The van der Waals surface area contributed by atoms with E-state index in [1.807, 2.05) is 19.2 Å². The minimum absolute atomic E-state index is 0.164. The van der Waals surface area contributed by atoms with Gasteiger partial charge in [-0.25, -0.2) is 0 Å². The molecule has 0 radical (unpaired) electrons. The van der Waals surface area contributed by atoms with Crippen LogP contribution in [0.3, 0.4) is 0 Å². The monoisotopic (exact) mass is 180 g/mol. The topological polar surface area (TPSA) is 51.0 Å². The Morgan fingerprint density at radius 1 is 1.69 bits per heavy atom. The number of rotatable bonds is 3. The van der Waals surface area contributed by atoms with Gasteiger partial charge in [0.05, 0.1) is 18.6 Å². The van der Waals surface area contributed by atoms with Crippen LogP contribution >= 0.6 is 0 Å². The van der Waals surface area contributed by atoms with Crippen molar-refractivity contribution >= 4 is 0 Å². The lowest BCUT2D eigenvalue weighted by atomic mass is 9.77. The molecule has 3 N–H and O–H groups in total. The Kier molecular flexibility index (Phi) is 2.14. The van der Waals surface area contributed by atoms with Crippen molar-refractivity contribution in [3.05, 3.63) is 24.0 Å². The molecule has 3 heteroatoms. The Bertz CT molecular complexity index is 262. The summed E-state index contributed by atoms with van der Waals surface area (Å²) in [7, 11) is 0. The van der Waals surface area contributed by atoms with Gasteiger partial charge in [-0.05, 0) is 25.5 Å². The van der Waals surface area contributed by atoms with Gasteiger partial charge in [0.2, 0.25) is 0 Å². The summed E-state index contributed by atoms with van der Waals surface area (Å²) in [5, 5.41) is 0. The van der Waals surface area contributed by atoms with Crippen LogP contribution in [0.5, 0.6) is 0 Å². The van der Waals surface area contributed by atoms with E-state index in [1.54, 1.807) is 0 Å². The molecule has 0 aliphatic carbocycles. The zero-order valence-electron chi connectivity index (χ0n) is 7.92.